The normalized spacial score (nSPS) is 18.0. The van der Waals surface area contributed by atoms with Gasteiger partial charge in [0.25, 0.3) is 0 Å². The summed E-state index contributed by atoms with van der Waals surface area (Å²) in [7, 11) is 0. The van der Waals surface area contributed by atoms with Crippen LogP contribution in [-0.2, 0) is 13.1 Å². The molecular weight excluding hydrogens is 300 g/mol. The Morgan fingerprint density at radius 3 is 2.54 bits per heavy atom. The van der Waals surface area contributed by atoms with Gasteiger partial charge in [0.05, 0.1) is 12.6 Å². The van der Waals surface area contributed by atoms with Gasteiger partial charge in [-0.25, -0.2) is 0 Å². The van der Waals surface area contributed by atoms with Crippen molar-refractivity contribution in [2.75, 3.05) is 13.1 Å². The van der Waals surface area contributed by atoms with Gasteiger partial charge in [-0.15, -0.1) is 10.2 Å². The van der Waals surface area contributed by atoms with Crippen molar-refractivity contribution in [1.82, 2.24) is 19.7 Å². The number of nitrogens with zero attached hydrogens (tertiary/aromatic N) is 4. The van der Waals surface area contributed by atoms with Crippen molar-refractivity contribution in [2.24, 2.45) is 5.92 Å². The molecule has 1 N–H and O–H groups in total. The molecule has 1 aliphatic heterocycles. The zero-order valence-electron chi connectivity index (χ0n) is 14.7. The minimum atomic E-state index is -0.348. The van der Waals surface area contributed by atoms with Crippen LogP contribution in [0.25, 0.3) is 0 Å². The van der Waals surface area contributed by atoms with E-state index in [9.17, 15) is 5.11 Å². The first-order valence-corrected chi connectivity index (χ1v) is 9.03. The topological polar surface area (TPSA) is 54.2 Å². The van der Waals surface area contributed by atoms with Crippen molar-refractivity contribution in [3.05, 3.63) is 47.5 Å². The second kappa shape index (κ2) is 7.90. The second-order valence-corrected chi connectivity index (χ2v) is 6.78. The third kappa shape index (κ3) is 3.84. The van der Waals surface area contributed by atoms with E-state index in [0.29, 0.717) is 5.92 Å². The molecule has 0 amide bonds. The smallest absolute Gasteiger partial charge is 0.147 e. The maximum Gasteiger partial charge on any atom is 0.147 e. The van der Waals surface area contributed by atoms with Crippen LogP contribution < -0.4 is 0 Å². The molecule has 5 nitrogen and oxygen atoms in total. The first kappa shape index (κ1) is 17.1. The summed E-state index contributed by atoms with van der Waals surface area (Å²) in [4.78, 5) is 2.43. The summed E-state index contributed by atoms with van der Waals surface area (Å²) >= 11 is 0. The monoisotopic (exact) mass is 328 g/mol. The molecule has 1 aliphatic rings. The third-order valence-corrected chi connectivity index (χ3v) is 5.04. The van der Waals surface area contributed by atoms with E-state index in [-0.39, 0.29) is 6.10 Å². The van der Waals surface area contributed by atoms with Crippen LogP contribution >= 0.6 is 0 Å². The number of aliphatic hydroxyl groups is 1. The first-order valence-electron chi connectivity index (χ1n) is 9.03. The molecule has 2 aromatic rings. The van der Waals surface area contributed by atoms with E-state index >= 15 is 0 Å². The highest BCUT2D eigenvalue weighted by Crippen LogP contribution is 2.30. The maximum absolute atomic E-state index is 10.6. The van der Waals surface area contributed by atoms with Crippen LogP contribution in [0.15, 0.2) is 30.3 Å². The Hall–Kier alpha value is -1.72. The highest BCUT2D eigenvalue weighted by Gasteiger charge is 2.27. The Bertz CT molecular complexity index is 632. The van der Waals surface area contributed by atoms with Gasteiger partial charge < -0.3 is 9.67 Å². The number of aromatic nitrogens is 3. The van der Waals surface area contributed by atoms with Crippen LogP contribution in [0.1, 0.15) is 49.5 Å². The number of rotatable bonds is 6. The van der Waals surface area contributed by atoms with E-state index in [1.165, 1.54) is 0 Å². The molecule has 1 aromatic heterocycles. The number of aliphatic hydroxyl groups excluding tert-OH is 1. The number of aryl methyl sites for hydroxylation is 1. The molecule has 1 atom stereocenters. The fraction of sp³-hybridized carbons (Fsp3) is 0.579. The molecule has 5 heteroatoms. The van der Waals surface area contributed by atoms with Gasteiger partial charge in [0, 0.05) is 6.54 Å². The van der Waals surface area contributed by atoms with Crippen LogP contribution in [-0.4, -0.2) is 37.9 Å². The van der Waals surface area contributed by atoms with Crippen molar-refractivity contribution in [3.63, 3.8) is 0 Å². The second-order valence-electron chi connectivity index (χ2n) is 6.78. The minimum Gasteiger partial charge on any atom is -0.388 e. The predicted molar refractivity (Wildman–Crippen MR) is 94.5 cm³/mol. The molecule has 0 bridgehead atoms. The van der Waals surface area contributed by atoms with Crippen LogP contribution in [0.2, 0.25) is 0 Å². The number of benzene rings is 1. The van der Waals surface area contributed by atoms with E-state index in [0.717, 1.165) is 62.7 Å². The highest BCUT2D eigenvalue weighted by molar-refractivity contribution is 5.18. The van der Waals surface area contributed by atoms with E-state index in [2.05, 4.69) is 26.6 Å². The average molecular weight is 328 g/mol. The molecular formula is C19H28N4O. The Labute approximate surface area is 144 Å². The lowest BCUT2D eigenvalue weighted by Crippen LogP contribution is -2.36. The Morgan fingerprint density at radius 1 is 1.17 bits per heavy atom. The predicted octanol–water partition coefficient (Wildman–Crippen LogP) is 2.94. The standard InChI is InChI=1S/C19H28N4O/c1-3-11-23-15(2)20-21-18(23)14-22-12-9-17(10-13-22)19(24)16-7-5-4-6-8-16/h4-8,17,19,24H,3,9-14H2,1-2H3. The average Bonchev–Trinajstić information content (AvgIpc) is 2.96. The van der Waals surface area contributed by atoms with Crippen LogP contribution in [0.5, 0.6) is 0 Å². The summed E-state index contributed by atoms with van der Waals surface area (Å²) in [5, 5.41) is 19.2. The molecule has 0 saturated carbocycles. The quantitative estimate of drug-likeness (QED) is 0.886. The zero-order chi connectivity index (χ0) is 16.9. The molecule has 1 fully saturated rings. The molecule has 0 aliphatic carbocycles. The zero-order valence-corrected chi connectivity index (χ0v) is 14.7. The van der Waals surface area contributed by atoms with Gasteiger partial charge in [0.15, 0.2) is 0 Å². The lowest BCUT2D eigenvalue weighted by molar-refractivity contribution is 0.0557. The van der Waals surface area contributed by atoms with Gasteiger partial charge in [-0.3, -0.25) is 4.90 Å². The molecule has 1 aromatic carbocycles. The fourth-order valence-electron chi connectivity index (χ4n) is 3.61. The summed E-state index contributed by atoms with van der Waals surface area (Å²) in [6.07, 6.45) is 2.80. The Morgan fingerprint density at radius 2 is 1.88 bits per heavy atom. The van der Waals surface area contributed by atoms with Gasteiger partial charge in [-0.2, -0.15) is 0 Å². The van der Waals surface area contributed by atoms with Gasteiger partial charge in [-0.05, 0) is 50.8 Å². The van der Waals surface area contributed by atoms with E-state index in [1.54, 1.807) is 0 Å². The van der Waals surface area contributed by atoms with Crippen molar-refractivity contribution in [1.29, 1.82) is 0 Å². The van der Waals surface area contributed by atoms with Crippen molar-refractivity contribution >= 4 is 0 Å². The third-order valence-electron chi connectivity index (χ3n) is 5.04. The van der Waals surface area contributed by atoms with Crippen LogP contribution in [0.3, 0.4) is 0 Å². The minimum absolute atomic E-state index is 0.346. The molecule has 2 heterocycles. The maximum atomic E-state index is 10.6. The SMILES string of the molecule is CCCn1c(C)nnc1CN1CCC(C(O)c2ccccc2)CC1. The molecule has 1 saturated heterocycles. The van der Waals surface area contributed by atoms with Crippen LogP contribution in [0.4, 0.5) is 0 Å². The van der Waals surface area contributed by atoms with Gasteiger partial charge in [-0.1, -0.05) is 37.3 Å². The summed E-state index contributed by atoms with van der Waals surface area (Å²) in [5.41, 5.74) is 1.04. The van der Waals surface area contributed by atoms with Gasteiger partial charge >= 0.3 is 0 Å². The molecule has 130 valence electrons. The van der Waals surface area contributed by atoms with Crippen LogP contribution in [0, 0.1) is 12.8 Å². The molecule has 0 spiro atoms. The Balaban J connectivity index is 1.56. The van der Waals surface area contributed by atoms with E-state index in [1.807, 2.05) is 37.3 Å². The number of likely N-dealkylation sites (tertiary alicyclic amines) is 1. The summed E-state index contributed by atoms with van der Waals surface area (Å²) < 4.78 is 2.23. The van der Waals surface area contributed by atoms with Crippen molar-refractivity contribution in [2.45, 2.75) is 52.3 Å². The summed E-state index contributed by atoms with van der Waals surface area (Å²) in [6.45, 7) is 8.06. The highest BCUT2D eigenvalue weighted by atomic mass is 16.3. The molecule has 24 heavy (non-hydrogen) atoms. The molecule has 1 unspecified atom stereocenters. The Kier molecular flexibility index (Phi) is 5.63. The first-order chi connectivity index (χ1) is 11.7. The molecule has 3 rings (SSSR count). The number of piperidine rings is 1. The van der Waals surface area contributed by atoms with Gasteiger partial charge in [0.1, 0.15) is 11.6 Å². The largest absolute Gasteiger partial charge is 0.388 e. The lowest BCUT2D eigenvalue weighted by Gasteiger charge is -2.34. The number of hydrogen-bond acceptors (Lipinski definition) is 4. The van der Waals surface area contributed by atoms with E-state index in [4.69, 9.17) is 0 Å². The summed E-state index contributed by atoms with van der Waals surface area (Å²) in [5.74, 6) is 2.41. The number of hydrogen-bond donors (Lipinski definition) is 1. The van der Waals surface area contributed by atoms with Crippen molar-refractivity contribution in [3.8, 4) is 0 Å². The van der Waals surface area contributed by atoms with Crippen molar-refractivity contribution < 1.29 is 5.11 Å². The lowest BCUT2D eigenvalue weighted by atomic mass is 9.87. The fourth-order valence-corrected chi connectivity index (χ4v) is 3.61. The molecule has 0 radical (unpaired) electrons. The van der Waals surface area contributed by atoms with E-state index < -0.39 is 0 Å². The summed E-state index contributed by atoms with van der Waals surface area (Å²) in [6, 6.07) is 10.0. The van der Waals surface area contributed by atoms with Gasteiger partial charge in [0.2, 0.25) is 0 Å².